The number of ether oxygens (including phenoxy) is 2. The van der Waals surface area contributed by atoms with E-state index in [-0.39, 0.29) is 0 Å². The van der Waals surface area contributed by atoms with Gasteiger partial charge in [0.05, 0.1) is 14.2 Å². The number of rotatable bonds is 4. The standard InChI is InChI=1S/C20H21NO2/c1-13-14(2)20(16-7-11-18(23-4)12-8-16)21-19(13)15-5-9-17(22-3)10-6-15/h5-12,21H,1-4H3. The molecule has 2 aromatic carbocycles. The summed E-state index contributed by atoms with van der Waals surface area (Å²) in [5.74, 6) is 1.73. The first-order valence-corrected chi connectivity index (χ1v) is 7.62. The number of methoxy groups -OCH3 is 2. The first-order chi connectivity index (χ1) is 11.1. The Balaban J connectivity index is 2.03. The van der Waals surface area contributed by atoms with E-state index >= 15 is 0 Å². The molecule has 1 N–H and O–H groups in total. The molecule has 0 saturated carbocycles. The molecule has 3 rings (SSSR count). The zero-order valence-electron chi connectivity index (χ0n) is 13.9. The van der Waals surface area contributed by atoms with Crippen molar-refractivity contribution in [2.75, 3.05) is 14.2 Å². The van der Waals surface area contributed by atoms with Crippen LogP contribution in [0, 0.1) is 13.8 Å². The average molecular weight is 307 g/mol. The molecule has 1 aromatic heterocycles. The van der Waals surface area contributed by atoms with Crippen molar-refractivity contribution in [1.82, 2.24) is 4.98 Å². The van der Waals surface area contributed by atoms with Gasteiger partial charge in [0.15, 0.2) is 0 Å². The summed E-state index contributed by atoms with van der Waals surface area (Å²) >= 11 is 0. The Morgan fingerprint density at radius 1 is 0.609 bits per heavy atom. The summed E-state index contributed by atoms with van der Waals surface area (Å²) in [6, 6.07) is 16.2. The molecule has 0 spiro atoms. The third kappa shape index (κ3) is 2.82. The quantitative estimate of drug-likeness (QED) is 0.737. The highest BCUT2D eigenvalue weighted by molar-refractivity contribution is 5.75. The second kappa shape index (κ2) is 6.21. The van der Waals surface area contributed by atoms with E-state index in [1.807, 2.05) is 24.3 Å². The maximum atomic E-state index is 5.23. The molecule has 0 aliphatic heterocycles. The molecule has 118 valence electrons. The van der Waals surface area contributed by atoms with Gasteiger partial charge in [-0.15, -0.1) is 0 Å². The number of hydrogen-bond donors (Lipinski definition) is 1. The van der Waals surface area contributed by atoms with E-state index in [0.717, 1.165) is 34.0 Å². The van der Waals surface area contributed by atoms with Gasteiger partial charge in [-0.25, -0.2) is 0 Å². The number of H-pyrrole nitrogens is 1. The number of benzene rings is 2. The van der Waals surface area contributed by atoms with Gasteiger partial charge in [-0.1, -0.05) is 0 Å². The number of hydrogen-bond acceptors (Lipinski definition) is 2. The van der Waals surface area contributed by atoms with E-state index in [1.54, 1.807) is 14.2 Å². The predicted octanol–water partition coefficient (Wildman–Crippen LogP) is 4.98. The Labute approximate surface area is 136 Å². The van der Waals surface area contributed by atoms with E-state index < -0.39 is 0 Å². The third-order valence-electron chi connectivity index (χ3n) is 4.32. The molecule has 0 unspecified atom stereocenters. The first-order valence-electron chi connectivity index (χ1n) is 7.62. The molecule has 3 nitrogen and oxygen atoms in total. The van der Waals surface area contributed by atoms with Crippen molar-refractivity contribution in [2.45, 2.75) is 13.8 Å². The second-order valence-corrected chi connectivity index (χ2v) is 5.58. The van der Waals surface area contributed by atoms with Crippen molar-refractivity contribution in [3.05, 3.63) is 59.7 Å². The highest BCUT2D eigenvalue weighted by atomic mass is 16.5. The van der Waals surface area contributed by atoms with E-state index in [0.29, 0.717) is 0 Å². The second-order valence-electron chi connectivity index (χ2n) is 5.58. The third-order valence-corrected chi connectivity index (χ3v) is 4.32. The van der Waals surface area contributed by atoms with Crippen LogP contribution in [0.25, 0.3) is 22.5 Å². The summed E-state index contributed by atoms with van der Waals surface area (Å²) in [7, 11) is 3.36. The molecule has 0 aliphatic rings. The van der Waals surface area contributed by atoms with Crippen LogP contribution in [0.3, 0.4) is 0 Å². The van der Waals surface area contributed by atoms with Gasteiger partial charge < -0.3 is 14.5 Å². The molecule has 0 aliphatic carbocycles. The molecule has 0 bridgehead atoms. The monoisotopic (exact) mass is 307 g/mol. The molecule has 0 amide bonds. The number of nitrogens with one attached hydrogen (secondary N) is 1. The molecule has 0 fully saturated rings. The van der Waals surface area contributed by atoms with Gasteiger partial charge in [0.1, 0.15) is 11.5 Å². The van der Waals surface area contributed by atoms with Gasteiger partial charge >= 0.3 is 0 Å². The molecule has 0 atom stereocenters. The number of aromatic nitrogens is 1. The highest BCUT2D eigenvalue weighted by Crippen LogP contribution is 2.33. The Kier molecular flexibility index (Phi) is 4.11. The average Bonchev–Trinajstić information content (AvgIpc) is 2.91. The lowest BCUT2D eigenvalue weighted by molar-refractivity contribution is 0.415. The summed E-state index contributed by atoms with van der Waals surface area (Å²) in [6.45, 7) is 4.30. The smallest absolute Gasteiger partial charge is 0.118 e. The fraction of sp³-hybridized carbons (Fsp3) is 0.200. The van der Waals surface area contributed by atoms with Gasteiger partial charge in [-0.2, -0.15) is 0 Å². The van der Waals surface area contributed by atoms with Crippen LogP contribution in [0.4, 0.5) is 0 Å². The van der Waals surface area contributed by atoms with Crippen molar-refractivity contribution in [3.8, 4) is 34.0 Å². The van der Waals surface area contributed by atoms with Crippen LogP contribution >= 0.6 is 0 Å². The molecule has 23 heavy (non-hydrogen) atoms. The summed E-state index contributed by atoms with van der Waals surface area (Å²) < 4.78 is 10.5. The Hall–Kier alpha value is -2.68. The Morgan fingerprint density at radius 2 is 0.957 bits per heavy atom. The van der Waals surface area contributed by atoms with Gasteiger partial charge in [0.25, 0.3) is 0 Å². The number of aromatic amines is 1. The molecule has 0 radical (unpaired) electrons. The highest BCUT2D eigenvalue weighted by Gasteiger charge is 2.13. The maximum absolute atomic E-state index is 5.23. The Morgan fingerprint density at radius 3 is 1.26 bits per heavy atom. The Bertz CT molecular complexity index is 731. The minimum atomic E-state index is 0.866. The van der Waals surface area contributed by atoms with Crippen LogP contribution in [-0.4, -0.2) is 19.2 Å². The molecular formula is C20H21NO2. The molecule has 1 heterocycles. The molecular weight excluding hydrogens is 286 g/mol. The van der Waals surface area contributed by atoms with Gasteiger partial charge in [0.2, 0.25) is 0 Å². The predicted molar refractivity (Wildman–Crippen MR) is 94.2 cm³/mol. The SMILES string of the molecule is COc1ccc(-c2[nH]c(-c3ccc(OC)cc3)c(C)c2C)cc1. The lowest BCUT2D eigenvalue weighted by Gasteiger charge is -2.04. The van der Waals surface area contributed by atoms with Gasteiger partial charge in [-0.05, 0) is 84.6 Å². The fourth-order valence-corrected chi connectivity index (χ4v) is 2.78. The maximum Gasteiger partial charge on any atom is 0.118 e. The lowest BCUT2D eigenvalue weighted by atomic mass is 10.0. The van der Waals surface area contributed by atoms with Crippen LogP contribution in [-0.2, 0) is 0 Å². The van der Waals surface area contributed by atoms with Crippen molar-refractivity contribution in [2.24, 2.45) is 0 Å². The van der Waals surface area contributed by atoms with Crippen LogP contribution < -0.4 is 9.47 Å². The minimum absolute atomic E-state index is 0.866. The normalized spacial score (nSPS) is 10.6. The minimum Gasteiger partial charge on any atom is -0.497 e. The molecule has 3 heteroatoms. The van der Waals surface area contributed by atoms with E-state index in [1.165, 1.54) is 11.1 Å². The van der Waals surface area contributed by atoms with Crippen LogP contribution in [0.5, 0.6) is 11.5 Å². The lowest BCUT2D eigenvalue weighted by Crippen LogP contribution is -1.85. The van der Waals surface area contributed by atoms with E-state index in [9.17, 15) is 0 Å². The summed E-state index contributed by atoms with van der Waals surface area (Å²) in [4.78, 5) is 3.58. The topological polar surface area (TPSA) is 34.2 Å². The van der Waals surface area contributed by atoms with Crippen LogP contribution in [0.2, 0.25) is 0 Å². The van der Waals surface area contributed by atoms with Gasteiger partial charge in [0, 0.05) is 11.4 Å². The van der Waals surface area contributed by atoms with Crippen molar-refractivity contribution in [1.29, 1.82) is 0 Å². The van der Waals surface area contributed by atoms with Crippen molar-refractivity contribution < 1.29 is 9.47 Å². The first kappa shape index (κ1) is 15.2. The molecule has 3 aromatic rings. The van der Waals surface area contributed by atoms with Crippen LogP contribution in [0.15, 0.2) is 48.5 Å². The summed E-state index contributed by atoms with van der Waals surface area (Å²) in [6.07, 6.45) is 0. The largest absolute Gasteiger partial charge is 0.497 e. The van der Waals surface area contributed by atoms with E-state index in [2.05, 4.69) is 43.1 Å². The fourth-order valence-electron chi connectivity index (χ4n) is 2.78. The van der Waals surface area contributed by atoms with Crippen LogP contribution in [0.1, 0.15) is 11.1 Å². The van der Waals surface area contributed by atoms with Gasteiger partial charge in [-0.3, -0.25) is 0 Å². The molecule has 0 saturated heterocycles. The zero-order chi connectivity index (χ0) is 16.4. The van der Waals surface area contributed by atoms with Crippen molar-refractivity contribution in [3.63, 3.8) is 0 Å². The summed E-state index contributed by atoms with van der Waals surface area (Å²) in [5, 5.41) is 0. The zero-order valence-corrected chi connectivity index (χ0v) is 13.9. The van der Waals surface area contributed by atoms with E-state index in [4.69, 9.17) is 9.47 Å². The summed E-state index contributed by atoms with van der Waals surface area (Å²) in [5.41, 5.74) is 7.14. The van der Waals surface area contributed by atoms with Crippen molar-refractivity contribution >= 4 is 0 Å².